The van der Waals surface area contributed by atoms with Crippen molar-refractivity contribution in [1.29, 1.82) is 5.26 Å². The molecule has 2 fully saturated rings. The summed E-state index contributed by atoms with van der Waals surface area (Å²) in [7, 11) is 0. The van der Waals surface area contributed by atoms with Crippen LogP contribution in [0.3, 0.4) is 0 Å². The van der Waals surface area contributed by atoms with Crippen LogP contribution in [0.25, 0.3) is 10.9 Å². The lowest BCUT2D eigenvalue weighted by Crippen LogP contribution is -2.51. The van der Waals surface area contributed by atoms with Gasteiger partial charge in [0.2, 0.25) is 0 Å². The summed E-state index contributed by atoms with van der Waals surface area (Å²) in [5.74, 6) is -1.07. The quantitative estimate of drug-likeness (QED) is 0.454. The lowest BCUT2D eigenvalue weighted by atomic mass is 10.2. The third-order valence-electron chi connectivity index (χ3n) is 7.16. The topological polar surface area (TPSA) is 138 Å². The molecule has 13 heteroatoms. The van der Waals surface area contributed by atoms with Gasteiger partial charge in [0, 0.05) is 30.9 Å². The minimum atomic E-state index is -1.01. The number of hydrogen-bond donors (Lipinski definition) is 2. The van der Waals surface area contributed by atoms with Gasteiger partial charge in [-0.3, -0.25) is 18.7 Å². The first kappa shape index (κ1) is 28.3. The van der Waals surface area contributed by atoms with Crippen LogP contribution >= 0.6 is 11.6 Å². The molecule has 2 N–H and O–H groups in total. The van der Waals surface area contributed by atoms with Crippen molar-refractivity contribution in [3.63, 3.8) is 0 Å². The van der Waals surface area contributed by atoms with Crippen LogP contribution in [0.1, 0.15) is 38.3 Å². The summed E-state index contributed by atoms with van der Waals surface area (Å²) < 4.78 is 23.4. The van der Waals surface area contributed by atoms with Gasteiger partial charge >= 0.3 is 11.7 Å². The molecule has 1 aliphatic carbocycles. The van der Waals surface area contributed by atoms with Gasteiger partial charge in [-0.25, -0.2) is 14.0 Å². The van der Waals surface area contributed by atoms with Gasteiger partial charge in [0.1, 0.15) is 11.9 Å². The summed E-state index contributed by atoms with van der Waals surface area (Å²) in [6.45, 7) is 3.95. The number of ether oxygens (including phenoxy) is 1. The Morgan fingerprint density at radius 2 is 1.95 bits per heavy atom. The maximum atomic E-state index is 15.2. The van der Waals surface area contributed by atoms with Crippen LogP contribution in [0.15, 0.2) is 39.9 Å². The van der Waals surface area contributed by atoms with Crippen LogP contribution in [0.5, 0.6) is 0 Å². The van der Waals surface area contributed by atoms with Crippen molar-refractivity contribution in [2.24, 2.45) is 5.92 Å². The Morgan fingerprint density at radius 1 is 1.20 bits per heavy atom. The van der Waals surface area contributed by atoms with Gasteiger partial charge in [0.15, 0.2) is 6.10 Å². The number of halogens is 2. The Hall–Kier alpha value is -4.21. The van der Waals surface area contributed by atoms with E-state index in [1.165, 1.54) is 38.3 Å². The Morgan fingerprint density at radius 3 is 2.61 bits per heavy atom. The Kier molecular flexibility index (Phi) is 7.84. The molecular formula is C28H28ClFN6O5. The predicted octanol–water partition coefficient (Wildman–Crippen LogP) is 3.69. The van der Waals surface area contributed by atoms with Crippen molar-refractivity contribution in [3.8, 4) is 6.07 Å². The number of nitrogens with one attached hydrogen (secondary N) is 2. The van der Waals surface area contributed by atoms with E-state index < -0.39 is 35.1 Å². The molecule has 1 saturated carbocycles. The zero-order chi connectivity index (χ0) is 29.4. The van der Waals surface area contributed by atoms with Crippen LogP contribution in [-0.4, -0.2) is 51.8 Å². The van der Waals surface area contributed by atoms with E-state index in [2.05, 4.69) is 10.6 Å². The first-order valence-corrected chi connectivity index (χ1v) is 13.6. The van der Waals surface area contributed by atoms with E-state index in [1.54, 1.807) is 13.8 Å². The van der Waals surface area contributed by atoms with Crippen LogP contribution < -0.4 is 21.9 Å². The van der Waals surface area contributed by atoms with E-state index in [0.717, 1.165) is 18.9 Å². The molecule has 0 spiro atoms. The number of fused-ring (bicyclic) bond motifs is 1. The summed E-state index contributed by atoms with van der Waals surface area (Å²) in [5, 5.41) is 14.5. The molecule has 214 valence electrons. The summed E-state index contributed by atoms with van der Waals surface area (Å²) in [6, 6.07) is 7.71. The number of carbonyl (C=O) groups is 2. The number of amides is 3. The van der Waals surface area contributed by atoms with Crippen molar-refractivity contribution >= 4 is 45.8 Å². The number of morpholine rings is 1. The van der Waals surface area contributed by atoms with Crippen molar-refractivity contribution in [2.75, 3.05) is 30.3 Å². The summed E-state index contributed by atoms with van der Waals surface area (Å²) >= 11 is 6.03. The molecule has 2 aliphatic rings. The number of rotatable bonds is 6. The fraction of sp³-hybridized carbons (Fsp3) is 0.393. The summed E-state index contributed by atoms with van der Waals surface area (Å²) in [6.07, 6.45) is 0.868. The van der Waals surface area contributed by atoms with Gasteiger partial charge in [-0.2, -0.15) is 5.26 Å². The Balaban J connectivity index is 1.35. The number of aromatic nitrogens is 2. The third kappa shape index (κ3) is 5.82. The number of nitriles is 1. The maximum absolute atomic E-state index is 15.2. The van der Waals surface area contributed by atoms with Crippen molar-refractivity contribution in [3.05, 3.63) is 67.6 Å². The number of hydrogen-bond acceptors (Lipinski definition) is 6. The molecule has 1 aliphatic heterocycles. The zero-order valence-electron chi connectivity index (χ0n) is 22.4. The van der Waals surface area contributed by atoms with Crippen molar-refractivity contribution < 1.29 is 18.7 Å². The van der Waals surface area contributed by atoms with Gasteiger partial charge in [0.05, 0.1) is 40.3 Å². The summed E-state index contributed by atoms with van der Waals surface area (Å²) in [4.78, 5) is 53.6. The zero-order valence-corrected chi connectivity index (χ0v) is 23.2. The second-order valence-corrected chi connectivity index (χ2v) is 10.9. The smallest absolute Gasteiger partial charge is 0.331 e. The number of anilines is 2. The Bertz CT molecular complexity index is 1710. The molecule has 1 atom stereocenters. The molecule has 1 saturated heterocycles. The lowest BCUT2D eigenvalue weighted by Gasteiger charge is -2.32. The van der Waals surface area contributed by atoms with Crippen molar-refractivity contribution in [1.82, 2.24) is 14.0 Å². The maximum Gasteiger partial charge on any atom is 0.331 e. The standard InChI is InChI=1S/C28H28ClFN6O5/c1-15(2)36-23-11-21(30)22(10-19(23)26(38)35(28(36)40)13-16-3-4-16)33-27(39)34-7-8-41-24(14-34)25(37)32-18-6-5-17(12-31)20(29)9-18/h5-6,9-11,15-16,24H,3-4,7-8,13-14H2,1-2H3,(H,32,37)(H,33,39). The largest absolute Gasteiger partial charge is 0.365 e. The molecule has 2 heterocycles. The second kappa shape index (κ2) is 11.3. The Labute approximate surface area is 239 Å². The highest BCUT2D eigenvalue weighted by atomic mass is 35.5. The van der Waals surface area contributed by atoms with Gasteiger partial charge in [-0.05, 0) is 56.9 Å². The van der Waals surface area contributed by atoms with E-state index in [9.17, 15) is 19.2 Å². The van der Waals surface area contributed by atoms with E-state index in [4.69, 9.17) is 21.6 Å². The van der Waals surface area contributed by atoms with Crippen LogP contribution in [0, 0.1) is 23.1 Å². The SMILES string of the molecule is CC(C)n1c(=O)n(CC2CC2)c(=O)c2cc(NC(=O)N3CCOC(C(=O)Nc4ccc(C#N)c(Cl)c4)C3)c(F)cc21. The first-order valence-electron chi connectivity index (χ1n) is 13.2. The fourth-order valence-electron chi connectivity index (χ4n) is 4.81. The van der Waals surface area contributed by atoms with Crippen LogP contribution in [0.4, 0.5) is 20.6 Å². The van der Waals surface area contributed by atoms with E-state index in [1.807, 2.05) is 6.07 Å². The fourth-order valence-corrected chi connectivity index (χ4v) is 5.03. The number of urea groups is 1. The predicted molar refractivity (Wildman–Crippen MR) is 151 cm³/mol. The molecule has 41 heavy (non-hydrogen) atoms. The van der Waals surface area contributed by atoms with E-state index >= 15 is 4.39 Å². The first-order chi connectivity index (χ1) is 19.6. The van der Waals surface area contributed by atoms with Gasteiger partial charge in [-0.15, -0.1) is 0 Å². The van der Waals surface area contributed by atoms with Crippen LogP contribution in [-0.2, 0) is 16.1 Å². The number of benzene rings is 2. The van der Waals surface area contributed by atoms with Crippen molar-refractivity contribution in [2.45, 2.75) is 45.4 Å². The highest BCUT2D eigenvalue weighted by molar-refractivity contribution is 6.32. The molecular weight excluding hydrogens is 555 g/mol. The minimum absolute atomic E-state index is 0.0619. The molecule has 11 nitrogen and oxygen atoms in total. The van der Waals surface area contributed by atoms with Gasteiger partial charge in [-0.1, -0.05) is 11.6 Å². The third-order valence-corrected chi connectivity index (χ3v) is 7.47. The summed E-state index contributed by atoms with van der Waals surface area (Å²) in [5.41, 5.74) is -0.460. The number of nitrogens with zero attached hydrogens (tertiary/aromatic N) is 4. The molecule has 5 rings (SSSR count). The molecule has 1 aromatic heterocycles. The van der Waals surface area contributed by atoms with E-state index in [-0.39, 0.29) is 58.8 Å². The molecule has 1 unspecified atom stereocenters. The van der Waals surface area contributed by atoms with Crippen LogP contribution in [0.2, 0.25) is 5.02 Å². The molecule has 0 bridgehead atoms. The van der Waals surface area contributed by atoms with Gasteiger partial charge in [0.25, 0.3) is 11.5 Å². The normalized spacial score (nSPS) is 17.0. The molecule has 2 aromatic carbocycles. The number of carbonyl (C=O) groups excluding carboxylic acids is 2. The second-order valence-electron chi connectivity index (χ2n) is 10.5. The highest BCUT2D eigenvalue weighted by Crippen LogP contribution is 2.30. The monoisotopic (exact) mass is 582 g/mol. The lowest BCUT2D eigenvalue weighted by molar-refractivity contribution is -0.131. The van der Waals surface area contributed by atoms with E-state index in [0.29, 0.717) is 12.2 Å². The minimum Gasteiger partial charge on any atom is -0.365 e. The molecule has 0 radical (unpaired) electrons. The average molecular weight is 583 g/mol. The highest BCUT2D eigenvalue weighted by Gasteiger charge is 2.30. The van der Waals surface area contributed by atoms with Gasteiger partial charge < -0.3 is 20.3 Å². The molecule has 3 aromatic rings. The average Bonchev–Trinajstić information content (AvgIpc) is 3.76. The molecule has 3 amide bonds.